The zero-order valence-corrected chi connectivity index (χ0v) is 10.4. The zero-order valence-electron chi connectivity index (χ0n) is 10.4. The van der Waals surface area contributed by atoms with Gasteiger partial charge in [-0.25, -0.2) is 0 Å². The number of H-pyrrole nitrogens is 1. The van der Waals surface area contributed by atoms with Crippen molar-refractivity contribution in [2.24, 2.45) is 0 Å². The summed E-state index contributed by atoms with van der Waals surface area (Å²) in [6.45, 7) is 0.476. The maximum Gasteiger partial charge on any atom is 0.253 e. The van der Waals surface area contributed by atoms with E-state index >= 15 is 0 Å². The first-order chi connectivity index (χ1) is 9.24. The van der Waals surface area contributed by atoms with Crippen LogP contribution in [-0.2, 0) is 4.79 Å². The molecular formula is C14H15N3O2. The van der Waals surface area contributed by atoms with Crippen LogP contribution in [0, 0.1) is 0 Å². The molecule has 0 aliphatic carbocycles. The van der Waals surface area contributed by atoms with Gasteiger partial charge < -0.3 is 15.6 Å². The molecule has 0 radical (unpaired) electrons. The molecule has 0 spiro atoms. The number of amides is 2. The van der Waals surface area contributed by atoms with Crippen LogP contribution in [0.4, 0.5) is 0 Å². The fraction of sp³-hybridized carbons (Fsp3) is 0.286. The molecule has 0 saturated carbocycles. The molecule has 2 heterocycles. The van der Waals surface area contributed by atoms with Crippen molar-refractivity contribution in [2.75, 3.05) is 6.54 Å². The standard InChI is InChI=1S/C14H15N3O2/c18-13-6-5-9(17-13)7-16-14(19)11-8-15-12-4-2-1-3-10(11)12/h1-4,8-9,15H,5-7H2,(H,16,19)(H,17,18). The van der Waals surface area contributed by atoms with Crippen LogP contribution >= 0.6 is 0 Å². The van der Waals surface area contributed by atoms with E-state index in [1.165, 1.54) is 0 Å². The van der Waals surface area contributed by atoms with E-state index < -0.39 is 0 Å². The highest BCUT2D eigenvalue weighted by Gasteiger charge is 2.21. The summed E-state index contributed by atoms with van der Waals surface area (Å²) in [5, 5.41) is 6.61. The van der Waals surface area contributed by atoms with Crippen LogP contribution in [0.1, 0.15) is 23.2 Å². The molecule has 5 heteroatoms. The predicted molar refractivity (Wildman–Crippen MR) is 71.8 cm³/mol. The third-order valence-electron chi connectivity index (χ3n) is 3.43. The maximum atomic E-state index is 12.1. The minimum atomic E-state index is -0.112. The second-order valence-electron chi connectivity index (χ2n) is 4.76. The molecule has 3 rings (SSSR count). The third kappa shape index (κ3) is 2.31. The topological polar surface area (TPSA) is 74.0 Å². The Morgan fingerprint density at radius 2 is 2.21 bits per heavy atom. The SMILES string of the molecule is O=C1CCC(CNC(=O)c2c[nH]c3ccccc23)N1. The van der Waals surface area contributed by atoms with Gasteiger partial charge in [-0.1, -0.05) is 18.2 Å². The molecule has 1 fully saturated rings. The van der Waals surface area contributed by atoms with E-state index in [1.54, 1.807) is 6.20 Å². The molecule has 1 aliphatic heterocycles. The van der Waals surface area contributed by atoms with E-state index in [4.69, 9.17) is 0 Å². The number of hydrogen-bond donors (Lipinski definition) is 3. The second-order valence-corrected chi connectivity index (χ2v) is 4.76. The average Bonchev–Trinajstić information content (AvgIpc) is 3.02. The summed E-state index contributed by atoms with van der Waals surface area (Å²) in [5.74, 6) is -0.0510. The van der Waals surface area contributed by atoms with Crippen LogP contribution in [0.2, 0.25) is 0 Å². The first-order valence-corrected chi connectivity index (χ1v) is 6.38. The molecular weight excluding hydrogens is 242 g/mol. The molecule has 1 saturated heterocycles. The molecule has 2 aromatic rings. The van der Waals surface area contributed by atoms with E-state index in [9.17, 15) is 9.59 Å². The Morgan fingerprint density at radius 1 is 1.37 bits per heavy atom. The van der Waals surface area contributed by atoms with Crippen molar-refractivity contribution in [1.29, 1.82) is 0 Å². The molecule has 0 bridgehead atoms. The van der Waals surface area contributed by atoms with Crippen LogP contribution in [0.5, 0.6) is 0 Å². The first-order valence-electron chi connectivity index (χ1n) is 6.38. The lowest BCUT2D eigenvalue weighted by atomic mass is 10.1. The highest BCUT2D eigenvalue weighted by atomic mass is 16.2. The lowest BCUT2D eigenvalue weighted by Gasteiger charge is -2.10. The quantitative estimate of drug-likeness (QED) is 0.772. The number of fused-ring (bicyclic) bond motifs is 1. The fourth-order valence-electron chi connectivity index (χ4n) is 2.40. The van der Waals surface area contributed by atoms with Crippen LogP contribution in [-0.4, -0.2) is 29.4 Å². The molecule has 2 amide bonds. The van der Waals surface area contributed by atoms with E-state index in [-0.39, 0.29) is 17.9 Å². The number of rotatable bonds is 3. The van der Waals surface area contributed by atoms with Crippen molar-refractivity contribution in [3.05, 3.63) is 36.0 Å². The second kappa shape index (κ2) is 4.76. The normalized spacial score (nSPS) is 18.5. The number of para-hydroxylation sites is 1. The van der Waals surface area contributed by atoms with Gasteiger partial charge in [-0.2, -0.15) is 0 Å². The molecule has 1 unspecified atom stereocenters. The minimum Gasteiger partial charge on any atom is -0.360 e. The Morgan fingerprint density at radius 3 is 3.00 bits per heavy atom. The summed E-state index contributed by atoms with van der Waals surface area (Å²) in [7, 11) is 0. The number of carbonyl (C=O) groups is 2. The van der Waals surface area contributed by atoms with Gasteiger partial charge in [0.25, 0.3) is 5.91 Å². The van der Waals surface area contributed by atoms with Crippen molar-refractivity contribution in [1.82, 2.24) is 15.6 Å². The average molecular weight is 257 g/mol. The van der Waals surface area contributed by atoms with Gasteiger partial charge in [-0.05, 0) is 12.5 Å². The molecule has 1 atom stereocenters. The number of hydrogen-bond acceptors (Lipinski definition) is 2. The Kier molecular flexibility index (Phi) is 2.95. The van der Waals surface area contributed by atoms with E-state index in [0.29, 0.717) is 18.5 Å². The van der Waals surface area contributed by atoms with Crippen molar-refractivity contribution in [3.63, 3.8) is 0 Å². The van der Waals surface area contributed by atoms with Crippen LogP contribution in [0.25, 0.3) is 10.9 Å². The van der Waals surface area contributed by atoms with Crippen molar-refractivity contribution < 1.29 is 9.59 Å². The molecule has 3 N–H and O–H groups in total. The minimum absolute atomic E-state index is 0.0571. The van der Waals surface area contributed by atoms with Crippen molar-refractivity contribution >= 4 is 22.7 Å². The van der Waals surface area contributed by atoms with Gasteiger partial charge in [0.2, 0.25) is 5.91 Å². The number of aromatic amines is 1. The molecule has 1 aromatic heterocycles. The van der Waals surface area contributed by atoms with Crippen LogP contribution < -0.4 is 10.6 Å². The summed E-state index contributed by atoms with van der Waals surface area (Å²) < 4.78 is 0. The Balaban J connectivity index is 1.68. The summed E-state index contributed by atoms with van der Waals surface area (Å²) in [5.41, 5.74) is 1.58. The number of carbonyl (C=O) groups excluding carboxylic acids is 2. The molecule has 1 aliphatic rings. The smallest absolute Gasteiger partial charge is 0.253 e. The highest BCUT2D eigenvalue weighted by Crippen LogP contribution is 2.17. The van der Waals surface area contributed by atoms with Gasteiger partial charge >= 0.3 is 0 Å². The Bertz CT molecular complexity index is 632. The van der Waals surface area contributed by atoms with Crippen LogP contribution in [0.3, 0.4) is 0 Å². The Hall–Kier alpha value is -2.30. The van der Waals surface area contributed by atoms with Crippen molar-refractivity contribution in [2.45, 2.75) is 18.9 Å². The largest absolute Gasteiger partial charge is 0.360 e. The fourth-order valence-corrected chi connectivity index (χ4v) is 2.40. The van der Waals surface area contributed by atoms with E-state index in [0.717, 1.165) is 17.3 Å². The molecule has 98 valence electrons. The van der Waals surface area contributed by atoms with Gasteiger partial charge in [0.1, 0.15) is 0 Å². The monoisotopic (exact) mass is 257 g/mol. The zero-order chi connectivity index (χ0) is 13.2. The van der Waals surface area contributed by atoms with Gasteiger partial charge in [0, 0.05) is 36.1 Å². The van der Waals surface area contributed by atoms with Crippen LogP contribution in [0.15, 0.2) is 30.5 Å². The third-order valence-corrected chi connectivity index (χ3v) is 3.43. The maximum absolute atomic E-state index is 12.1. The predicted octanol–water partition coefficient (Wildman–Crippen LogP) is 1.18. The molecule has 1 aromatic carbocycles. The molecule has 5 nitrogen and oxygen atoms in total. The van der Waals surface area contributed by atoms with Gasteiger partial charge in [-0.3, -0.25) is 9.59 Å². The Labute approximate surface area is 110 Å². The number of benzene rings is 1. The summed E-state index contributed by atoms with van der Waals surface area (Å²) in [6, 6.07) is 7.74. The van der Waals surface area contributed by atoms with Gasteiger partial charge in [-0.15, -0.1) is 0 Å². The summed E-state index contributed by atoms with van der Waals surface area (Å²) >= 11 is 0. The van der Waals surface area contributed by atoms with E-state index in [1.807, 2.05) is 24.3 Å². The number of nitrogens with one attached hydrogen (secondary N) is 3. The summed E-state index contributed by atoms with van der Waals surface area (Å²) in [6.07, 6.45) is 3.05. The number of aromatic nitrogens is 1. The lowest BCUT2D eigenvalue weighted by molar-refractivity contribution is -0.119. The van der Waals surface area contributed by atoms with E-state index in [2.05, 4.69) is 15.6 Å². The summed E-state index contributed by atoms with van der Waals surface area (Å²) in [4.78, 5) is 26.3. The van der Waals surface area contributed by atoms with Crippen molar-refractivity contribution in [3.8, 4) is 0 Å². The first kappa shape index (κ1) is 11.8. The highest BCUT2D eigenvalue weighted by molar-refractivity contribution is 6.06. The molecule has 19 heavy (non-hydrogen) atoms. The van der Waals surface area contributed by atoms with Gasteiger partial charge in [0.15, 0.2) is 0 Å². The lowest BCUT2D eigenvalue weighted by Crippen LogP contribution is -2.38. The van der Waals surface area contributed by atoms with Gasteiger partial charge in [0.05, 0.1) is 5.56 Å².